The molecule has 0 aliphatic carbocycles. The lowest BCUT2D eigenvalue weighted by atomic mass is 10.2. The van der Waals surface area contributed by atoms with Gasteiger partial charge in [0.15, 0.2) is 0 Å². The molecule has 1 heterocycles. The molecule has 0 saturated heterocycles. The number of methoxy groups -OCH3 is 1. The monoisotopic (exact) mass is 351 g/mol. The molecule has 0 unspecified atom stereocenters. The van der Waals surface area contributed by atoms with Crippen LogP contribution in [0.1, 0.15) is 0 Å². The van der Waals surface area contributed by atoms with Crippen LogP contribution in [0.2, 0.25) is 5.02 Å². The van der Waals surface area contributed by atoms with Crippen LogP contribution in [0.15, 0.2) is 58.5 Å². The topological polar surface area (TPSA) is 56.3 Å². The van der Waals surface area contributed by atoms with Crippen LogP contribution in [0.5, 0.6) is 5.75 Å². The van der Waals surface area contributed by atoms with Gasteiger partial charge in [0.05, 0.1) is 23.7 Å². The van der Waals surface area contributed by atoms with Gasteiger partial charge < -0.3 is 4.74 Å². The molecule has 0 spiro atoms. The van der Waals surface area contributed by atoms with Crippen molar-refractivity contribution in [2.45, 2.75) is 9.79 Å². The van der Waals surface area contributed by atoms with Crippen molar-refractivity contribution >= 4 is 32.3 Å². The third kappa shape index (κ3) is 2.75. The van der Waals surface area contributed by atoms with Gasteiger partial charge in [-0.05, 0) is 36.4 Å². The Morgan fingerprint density at radius 3 is 2.48 bits per heavy atom. The number of pyridine rings is 1. The van der Waals surface area contributed by atoms with Gasteiger partial charge in [-0.3, -0.25) is 4.98 Å². The number of sulfone groups is 1. The molecule has 0 N–H and O–H groups in total. The van der Waals surface area contributed by atoms with E-state index in [0.29, 0.717) is 15.9 Å². The number of hydrogen-bond donors (Lipinski definition) is 0. The quantitative estimate of drug-likeness (QED) is 0.718. The summed E-state index contributed by atoms with van der Waals surface area (Å²) >= 11 is 5.79. The van der Waals surface area contributed by atoms with Crippen molar-refractivity contribution in [2.24, 2.45) is 0 Å². The molecular formula is C16H11ClFNO3S. The van der Waals surface area contributed by atoms with E-state index < -0.39 is 15.7 Å². The molecule has 118 valence electrons. The van der Waals surface area contributed by atoms with E-state index in [-0.39, 0.29) is 15.5 Å². The molecule has 0 bridgehead atoms. The molecule has 0 saturated carbocycles. The smallest absolute Gasteiger partial charge is 0.211 e. The van der Waals surface area contributed by atoms with Gasteiger partial charge in [0.2, 0.25) is 9.84 Å². The van der Waals surface area contributed by atoms with E-state index in [2.05, 4.69) is 4.98 Å². The Labute approximate surface area is 137 Å². The Morgan fingerprint density at radius 2 is 1.83 bits per heavy atom. The Bertz CT molecular complexity index is 988. The van der Waals surface area contributed by atoms with Gasteiger partial charge in [0.25, 0.3) is 0 Å². The minimum absolute atomic E-state index is 0.0726. The van der Waals surface area contributed by atoms with E-state index in [9.17, 15) is 12.8 Å². The molecule has 1 aromatic heterocycles. The largest absolute Gasteiger partial charge is 0.495 e. The van der Waals surface area contributed by atoms with Crippen LogP contribution in [0.3, 0.4) is 0 Å². The van der Waals surface area contributed by atoms with Gasteiger partial charge in [-0.15, -0.1) is 0 Å². The van der Waals surface area contributed by atoms with Gasteiger partial charge in [-0.2, -0.15) is 0 Å². The molecule has 2 aromatic carbocycles. The van der Waals surface area contributed by atoms with Crippen molar-refractivity contribution in [3.8, 4) is 5.75 Å². The first-order valence-corrected chi connectivity index (χ1v) is 8.42. The highest BCUT2D eigenvalue weighted by molar-refractivity contribution is 7.91. The van der Waals surface area contributed by atoms with Crippen LogP contribution in [0.25, 0.3) is 10.9 Å². The third-order valence-electron chi connectivity index (χ3n) is 3.37. The van der Waals surface area contributed by atoms with E-state index in [1.165, 1.54) is 55.8 Å². The molecule has 0 amide bonds. The first-order chi connectivity index (χ1) is 10.9. The normalized spacial score (nSPS) is 11.6. The molecule has 0 aliphatic heterocycles. The molecular weight excluding hydrogens is 341 g/mol. The predicted molar refractivity (Wildman–Crippen MR) is 85.2 cm³/mol. The Kier molecular flexibility index (Phi) is 3.95. The predicted octanol–water partition coefficient (Wildman–Crippen LogP) is 3.87. The van der Waals surface area contributed by atoms with Crippen molar-refractivity contribution in [3.05, 3.63) is 59.5 Å². The fraction of sp³-hybridized carbons (Fsp3) is 0.0625. The minimum atomic E-state index is -3.84. The van der Waals surface area contributed by atoms with Crippen LogP contribution in [-0.4, -0.2) is 20.5 Å². The Balaban J connectivity index is 2.26. The van der Waals surface area contributed by atoms with E-state index in [0.717, 1.165) is 0 Å². The van der Waals surface area contributed by atoms with Gasteiger partial charge in [-0.1, -0.05) is 11.6 Å². The maximum atomic E-state index is 13.3. The lowest BCUT2D eigenvalue weighted by Crippen LogP contribution is -2.05. The lowest BCUT2D eigenvalue weighted by Gasteiger charge is -2.12. The highest BCUT2D eigenvalue weighted by Crippen LogP contribution is 2.35. The van der Waals surface area contributed by atoms with Gasteiger partial charge in [0, 0.05) is 16.5 Å². The van der Waals surface area contributed by atoms with E-state index in [1.54, 1.807) is 0 Å². The standard InChI is InChI=1S/C16H11ClFNO3S/c1-22-16-13-7-4-11(18)8-14(13)19-9-15(16)23(20,21)12-5-2-10(17)3-6-12/h2-9H,1H3. The van der Waals surface area contributed by atoms with Crippen LogP contribution < -0.4 is 4.74 Å². The summed E-state index contributed by atoms with van der Waals surface area (Å²) in [5.41, 5.74) is 0.317. The van der Waals surface area contributed by atoms with Gasteiger partial charge in [-0.25, -0.2) is 12.8 Å². The molecule has 3 rings (SSSR count). The lowest BCUT2D eigenvalue weighted by molar-refractivity contribution is 0.407. The maximum absolute atomic E-state index is 13.3. The zero-order valence-electron chi connectivity index (χ0n) is 12.0. The summed E-state index contributed by atoms with van der Waals surface area (Å²) < 4.78 is 44.2. The molecule has 0 aliphatic rings. The Morgan fingerprint density at radius 1 is 1.13 bits per heavy atom. The van der Waals surface area contributed by atoms with Crippen LogP contribution in [0.4, 0.5) is 4.39 Å². The number of fused-ring (bicyclic) bond motifs is 1. The Hall–Kier alpha value is -2.18. The molecule has 23 heavy (non-hydrogen) atoms. The molecule has 7 heteroatoms. The fourth-order valence-corrected chi connectivity index (χ4v) is 3.77. The zero-order chi connectivity index (χ0) is 16.6. The second kappa shape index (κ2) is 5.79. The summed E-state index contributed by atoms with van der Waals surface area (Å²) in [6, 6.07) is 9.69. The average molecular weight is 352 g/mol. The summed E-state index contributed by atoms with van der Waals surface area (Å²) in [4.78, 5) is 4.03. The first kappa shape index (κ1) is 15.7. The molecule has 0 radical (unpaired) electrons. The van der Waals surface area contributed by atoms with Gasteiger partial charge in [0.1, 0.15) is 16.5 Å². The molecule has 3 aromatic rings. The van der Waals surface area contributed by atoms with E-state index in [1.807, 2.05) is 0 Å². The first-order valence-electron chi connectivity index (χ1n) is 6.56. The molecule has 4 nitrogen and oxygen atoms in total. The highest BCUT2D eigenvalue weighted by Gasteiger charge is 2.24. The van der Waals surface area contributed by atoms with E-state index >= 15 is 0 Å². The summed E-state index contributed by atoms with van der Waals surface area (Å²) in [6.07, 6.45) is 1.17. The van der Waals surface area contributed by atoms with Crippen molar-refractivity contribution in [2.75, 3.05) is 7.11 Å². The molecule has 0 atom stereocenters. The number of rotatable bonds is 3. The number of hydrogen-bond acceptors (Lipinski definition) is 4. The number of nitrogens with zero attached hydrogens (tertiary/aromatic N) is 1. The van der Waals surface area contributed by atoms with Crippen molar-refractivity contribution in [3.63, 3.8) is 0 Å². The maximum Gasteiger partial charge on any atom is 0.211 e. The summed E-state index contributed by atoms with van der Waals surface area (Å²) in [5, 5.41) is 0.854. The number of halogens is 2. The number of benzene rings is 2. The van der Waals surface area contributed by atoms with Crippen molar-refractivity contribution in [1.29, 1.82) is 0 Å². The van der Waals surface area contributed by atoms with Crippen LogP contribution in [0, 0.1) is 5.82 Å². The number of aromatic nitrogens is 1. The summed E-state index contributed by atoms with van der Waals surface area (Å²) in [6.45, 7) is 0. The summed E-state index contributed by atoms with van der Waals surface area (Å²) in [5.74, 6) is -0.328. The summed E-state index contributed by atoms with van der Waals surface area (Å²) in [7, 11) is -2.48. The molecule has 0 fully saturated rings. The second-order valence-electron chi connectivity index (χ2n) is 4.77. The SMILES string of the molecule is COc1c(S(=O)(=O)c2ccc(Cl)cc2)cnc2cc(F)ccc12. The minimum Gasteiger partial charge on any atom is -0.495 e. The number of ether oxygens (including phenoxy) is 1. The van der Waals surface area contributed by atoms with Gasteiger partial charge >= 0.3 is 0 Å². The van der Waals surface area contributed by atoms with Crippen molar-refractivity contribution in [1.82, 2.24) is 4.98 Å². The van der Waals surface area contributed by atoms with Crippen LogP contribution in [-0.2, 0) is 9.84 Å². The second-order valence-corrected chi connectivity index (χ2v) is 7.13. The zero-order valence-corrected chi connectivity index (χ0v) is 13.5. The third-order valence-corrected chi connectivity index (χ3v) is 5.38. The fourth-order valence-electron chi connectivity index (χ4n) is 2.27. The van der Waals surface area contributed by atoms with Crippen molar-refractivity contribution < 1.29 is 17.5 Å². The van der Waals surface area contributed by atoms with Crippen LogP contribution >= 0.6 is 11.6 Å². The highest BCUT2D eigenvalue weighted by atomic mass is 35.5. The average Bonchev–Trinajstić information content (AvgIpc) is 2.53. The van der Waals surface area contributed by atoms with E-state index in [4.69, 9.17) is 16.3 Å².